The zero-order valence-electron chi connectivity index (χ0n) is 16.1. The lowest BCUT2D eigenvalue weighted by Gasteiger charge is -2.29. The SMILES string of the molecule is CS(=O)(=O)N1CCC(c2nc(-c3ccc(F)cc3)oc2Sc2ccc(Cl)cn2)CC1. The topological polar surface area (TPSA) is 76.3 Å². The van der Waals surface area contributed by atoms with Gasteiger partial charge in [-0.05, 0) is 61.0 Å². The highest BCUT2D eigenvalue weighted by atomic mass is 35.5. The van der Waals surface area contributed by atoms with Crippen LogP contribution in [0.25, 0.3) is 11.5 Å². The molecule has 0 N–H and O–H groups in total. The zero-order chi connectivity index (χ0) is 21.3. The van der Waals surface area contributed by atoms with Gasteiger partial charge in [0.1, 0.15) is 10.8 Å². The summed E-state index contributed by atoms with van der Waals surface area (Å²) in [5, 5.41) is 1.84. The van der Waals surface area contributed by atoms with Gasteiger partial charge >= 0.3 is 0 Å². The molecule has 0 amide bonds. The van der Waals surface area contributed by atoms with Crippen molar-refractivity contribution in [2.45, 2.75) is 28.9 Å². The van der Waals surface area contributed by atoms with Gasteiger partial charge < -0.3 is 4.42 Å². The van der Waals surface area contributed by atoms with Gasteiger partial charge in [-0.1, -0.05) is 11.6 Å². The van der Waals surface area contributed by atoms with E-state index < -0.39 is 10.0 Å². The average molecular weight is 468 g/mol. The summed E-state index contributed by atoms with van der Waals surface area (Å²) in [6.07, 6.45) is 4.07. The molecule has 3 aromatic rings. The summed E-state index contributed by atoms with van der Waals surface area (Å²) in [7, 11) is -3.21. The molecule has 3 heterocycles. The number of halogens is 2. The molecule has 10 heteroatoms. The first-order valence-electron chi connectivity index (χ1n) is 9.31. The molecule has 4 rings (SSSR count). The van der Waals surface area contributed by atoms with Crippen LogP contribution in [0.4, 0.5) is 4.39 Å². The van der Waals surface area contributed by atoms with E-state index in [0.29, 0.717) is 52.5 Å². The Labute approximate surface area is 183 Å². The molecule has 0 saturated carbocycles. The highest BCUT2D eigenvalue weighted by molar-refractivity contribution is 7.99. The largest absolute Gasteiger partial charge is 0.429 e. The third-order valence-electron chi connectivity index (χ3n) is 4.92. The molecule has 0 bridgehead atoms. The first-order valence-corrected chi connectivity index (χ1v) is 12.3. The van der Waals surface area contributed by atoms with Gasteiger partial charge in [0.05, 0.1) is 17.0 Å². The Morgan fingerprint density at radius 1 is 1.17 bits per heavy atom. The second-order valence-electron chi connectivity index (χ2n) is 7.05. The van der Waals surface area contributed by atoms with Crippen LogP contribution in [0.2, 0.25) is 5.02 Å². The number of aromatic nitrogens is 2. The number of oxazole rings is 1. The van der Waals surface area contributed by atoms with Crippen molar-refractivity contribution in [1.82, 2.24) is 14.3 Å². The summed E-state index contributed by atoms with van der Waals surface area (Å²) in [5.74, 6) is 0.112. The first-order chi connectivity index (χ1) is 14.3. The Kier molecular flexibility index (Phi) is 6.15. The molecule has 1 saturated heterocycles. The van der Waals surface area contributed by atoms with Crippen molar-refractivity contribution in [2.24, 2.45) is 0 Å². The van der Waals surface area contributed by atoms with Gasteiger partial charge in [0.25, 0.3) is 0 Å². The van der Waals surface area contributed by atoms with Crippen LogP contribution in [0.1, 0.15) is 24.5 Å². The average Bonchev–Trinajstić information content (AvgIpc) is 3.13. The van der Waals surface area contributed by atoms with Crippen molar-refractivity contribution in [1.29, 1.82) is 0 Å². The lowest BCUT2D eigenvalue weighted by molar-refractivity contribution is 0.314. The van der Waals surface area contributed by atoms with Gasteiger partial charge in [-0.2, -0.15) is 0 Å². The molecule has 6 nitrogen and oxygen atoms in total. The molecular weight excluding hydrogens is 449 g/mol. The van der Waals surface area contributed by atoms with Crippen LogP contribution in [-0.4, -0.2) is 42.0 Å². The smallest absolute Gasteiger partial charge is 0.227 e. The highest BCUT2D eigenvalue weighted by Crippen LogP contribution is 2.40. The van der Waals surface area contributed by atoms with Gasteiger partial charge in [-0.3, -0.25) is 0 Å². The number of sulfonamides is 1. The number of hydrogen-bond acceptors (Lipinski definition) is 6. The third kappa shape index (κ3) is 4.85. The molecule has 1 aromatic carbocycles. The molecule has 0 spiro atoms. The molecule has 0 unspecified atom stereocenters. The molecular formula is C20H19ClFN3O3S2. The number of hydrogen-bond donors (Lipinski definition) is 0. The van der Waals surface area contributed by atoms with Crippen molar-refractivity contribution in [3.05, 3.63) is 59.1 Å². The van der Waals surface area contributed by atoms with Crippen LogP contribution >= 0.6 is 23.4 Å². The maximum absolute atomic E-state index is 13.3. The number of benzene rings is 1. The Bertz CT molecular complexity index is 1130. The fraction of sp³-hybridized carbons (Fsp3) is 0.300. The summed E-state index contributed by atoms with van der Waals surface area (Å²) in [6.45, 7) is 0.872. The van der Waals surface area contributed by atoms with Gasteiger partial charge in [0, 0.05) is 30.8 Å². The molecule has 1 aliphatic heterocycles. The van der Waals surface area contributed by atoms with Crippen LogP contribution in [0.15, 0.2) is 57.1 Å². The summed E-state index contributed by atoms with van der Waals surface area (Å²) in [6, 6.07) is 9.49. The van der Waals surface area contributed by atoms with Gasteiger partial charge in [0.15, 0.2) is 5.09 Å². The second-order valence-corrected chi connectivity index (χ2v) is 10.5. The van der Waals surface area contributed by atoms with Crippen molar-refractivity contribution >= 4 is 33.4 Å². The number of pyridine rings is 1. The van der Waals surface area contributed by atoms with Gasteiger partial charge in [-0.15, -0.1) is 0 Å². The first kappa shape index (κ1) is 21.3. The van der Waals surface area contributed by atoms with Gasteiger partial charge in [0.2, 0.25) is 15.9 Å². The van der Waals surface area contributed by atoms with E-state index in [2.05, 4.69) is 4.98 Å². The summed E-state index contributed by atoms with van der Waals surface area (Å²) < 4.78 is 44.5. The Morgan fingerprint density at radius 3 is 2.47 bits per heavy atom. The molecule has 0 atom stereocenters. The molecule has 1 fully saturated rings. The summed E-state index contributed by atoms with van der Waals surface area (Å²) >= 11 is 7.26. The van der Waals surface area contributed by atoms with Gasteiger partial charge in [-0.25, -0.2) is 27.1 Å². The lowest BCUT2D eigenvalue weighted by atomic mass is 9.95. The van der Waals surface area contributed by atoms with Crippen LogP contribution in [0.3, 0.4) is 0 Å². The van der Waals surface area contributed by atoms with Crippen LogP contribution < -0.4 is 0 Å². The minimum Gasteiger partial charge on any atom is -0.429 e. The van der Waals surface area contributed by atoms with E-state index in [0.717, 1.165) is 5.69 Å². The predicted molar refractivity (Wildman–Crippen MR) is 114 cm³/mol. The normalized spacial score (nSPS) is 16.1. The van der Waals surface area contributed by atoms with E-state index >= 15 is 0 Å². The third-order valence-corrected chi connectivity index (χ3v) is 7.37. The molecule has 1 aliphatic rings. The van der Waals surface area contributed by atoms with Crippen molar-refractivity contribution in [3.8, 4) is 11.5 Å². The van der Waals surface area contributed by atoms with E-state index in [4.69, 9.17) is 21.0 Å². The monoisotopic (exact) mass is 467 g/mol. The van der Waals surface area contributed by atoms with E-state index in [1.807, 2.05) is 0 Å². The Hall–Kier alpha value is -1.94. The minimum atomic E-state index is -3.21. The highest BCUT2D eigenvalue weighted by Gasteiger charge is 2.30. The fourth-order valence-corrected chi connectivity index (χ4v) is 5.20. The quantitative estimate of drug-likeness (QED) is 0.535. The number of rotatable bonds is 5. The molecule has 158 valence electrons. The van der Waals surface area contributed by atoms with Crippen molar-refractivity contribution in [3.63, 3.8) is 0 Å². The number of piperidine rings is 1. The Morgan fingerprint density at radius 2 is 1.87 bits per heavy atom. The van der Waals surface area contributed by atoms with Crippen LogP contribution in [0.5, 0.6) is 0 Å². The number of nitrogens with zero attached hydrogens (tertiary/aromatic N) is 3. The molecule has 2 aromatic heterocycles. The van der Waals surface area contributed by atoms with Crippen LogP contribution in [-0.2, 0) is 10.0 Å². The second kappa shape index (κ2) is 8.66. The molecule has 0 radical (unpaired) electrons. The standard InChI is InChI=1S/C20H19ClFN3O3S2/c1-30(26,27)25-10-8-13(9-11-25)18-20(29-17-7-4-15(21)12-23-17)28-19(24-18)14-2-5-16(22)6-3-14/h2-7,12-13H,8-11H2,1H3. The van der Waals surface area contributed by atoms with Crippen molar-refractivity contribution < 1.29 is 17.2 Å². The zero-order valence-corrected chi connectivity index (χ0v) is 18.5. The minimum absolute atomic E-state index is 0.0516. The van der Waals surface area contributed by atoms with E-state index in [1.165, 1.54) is 34.5 Å². The van der Waals surface area contributed by atoms with Crippen molar-refractivity contribution in [2.75, 3.05) is 19.3 Å². The Balaban J connectivity index is 1.65. The lowest BCUT2D eigenvalue weighted by Crippen LogP contribution is -2.37. The maximum atomic E-state index is 13.3. The van der Waals surface area contributed by atoms with E-state index in [1.54, 1.807) is 30.5 Å². The predicted octanol–water partition coefficient (Wildman–Crippen LogP) is 4.82. The fourth-order valence-electron chi connectivity index (χ4n) is 3.34. The summed E-state index contributed by atoms with van der Waals surface area (Å²) in [4.78, 5) is 9.01. The molecule has 30 heavy (non-hydrogen) atoms. The van der Waals surface area contributed by atoms with E-state index in [9.17, 15) is 12.8 Å². The maximum Gasteiger partial charge on any atom is 0.227 e. The molecule has 0 aliphatic carbocycles. The van der Waals surface area contributed by atoms with E-state index in [-0.39, 0.29) is 11.7 Å². The van der Waals surface area contributed by atoms with Crippen LogP contribution in [0, 0.1) is 5.82 Å². The summed E-state index contributed by atoms with van der Waals surface area (Å²) in [5.41, 5.74) is 1.44.